The Morgan fingerprint density at radius 1 is 1.43 bits per heavy atom. The summed E-state index contributed by atoms with van der Waals surface area (Å²) in [6.45, 7) is 1.98. The number of sulfone groups is 1. The number of nitrogens with zero attached hydrogens (tertiary/aromatic N) is 2. The number of imidazole rings is 1. The predicted octanol–water partition coefficient (Wildman–Crippen LogP) is 3.00. The van der Waals surface area contributed by atoms with Gasteiger partial charge in [0.15, 0.2) is 9.84 Å². The lowest BCUT2D eigenvalue weighted by atomic mass is 10.0. The molecule has 0 spiro atoms. The number of rotatable bonds is 3. The van der Waals surface area contributed by atoms with Gasteiger partial charge in [-0.1, -0.05) is 11.6 Å². The average molecular weight is 347 g/mol. The molecule has 1 aliphatic rings. The summed E-state index contributed by atoms with van der Waals surface area (Å²) in [5, 5.41) is 0.619. The van der Waals surface area contributed by atoms with E-state index in [1.54, 1.807) is 12.1 Å². The molecule has 0 amide bonds. The Bertz CT molecular complexity index is 801. The average Bonchev–Trinajstić information content (AvgIpc) is 2.87. The SMILES string of the molecule is CC1(n2c(CCCl)nc3cc(Cl)ccc32)CCS(=O)(=O)C1. The summed E-state index contributed by atoms with van der Waals surface area (Å²) in [6.07, 6.45) is 1.20. The van der Waals surface area contributed by atoms with Gasteiger partial charge in [-0.3, -0.25) is 0 Å². The first kappa shape index (κ1) is 15.1. The topological polar surface area (TPSA) is 52.0 Å². The third-order valence-electron chi connectivity index (χ3n) is 4.03. The summed E-state index contributed by atoms with van der Waals surface area (Å²) >= 11 is 11.9. The second-order valence-corrected chi connectivity index (χ2v) is 8.77. The van der Waals surface area contributed by atoms with Crippen LogP contribution in [0.1, 0.15) is 19.2 Å². The lowest BCUT2D eigenvalue weighted by Gasteiger charge is -2.27. The minimum Gasteiger partial charge on any atom is -0.321 e. The molecule has 0 aliphatic carbocycles. The minimum absolute atomic E-state index is 0.142. The Morgan fingerprint density at radius 3 is 2.81 bits per heavy atom. The molecule has 1 aliphatic heterocycles. The van der Waals surface area contributed by atoms with Crippen LogP contribution in [-0.2, 0) is 21.8 Å². The van der Waals surface area contributed by atoms with E-state index in [-0.39, 0.29) is 11.5 Å². The minimum atomic E-state index is -3.00. The third-order valence-corrected chi connectivity index (χ3v) is 6.34. The fraction of sp³-hybridized carbons (Fsp3) is 0.500. The second-order valence-electron chi connectivity index (χ2n) is 5.77. The highest BCUT2D eigenvalue weighted by atomic mass is 35.5. The zero-order chi connectivity index (χ0) is 15.3. The molecule has 2 heterocycles. The van der Waals surface area contributed by atoms with Crippen molar-refractivity contribution < 1.29 is 8.42 Å². The molecule has 1 aromatic heterocycles. The zero-order valence-corrected chi connectivity index (χ0v) is 14.0. The Balaban J connectivity index is 2.22. The summed E-state index contributed by atoms with van der Waals surface area (Å²) in [5.41, 5.74) is 1.23. The Morgan fingerprint density at radius 2 is 2.19 bits per heavy atom. The second kappa shape index (κ2) is 5.14. The van der Waals surface area contributed by atoms with Crippen molar-refractivity contribution >= 4 is 44.1 Å². The lowest BCUT2D eigenvalue weighted by molar-refractivity contribution is 0.365. The van der Waals surface area contributed by atoms with Gasteiger partial charge >= 0.3 is 0 Å². The van der Waals surface area contributed by atoms with Crippen LogP contribution in [0.2, 0.25) is 5.02 Å². The van der Waals surface area contributed by atoms with Crippen molar-refractivity contribution in [2.24, 2.45) is 0 Å². The highest BCUT2D eigenvalue weighted by molar-refractivity contribution is 7.91. The smallest absolute Gasteiger partial charge is 0.152 e. The van der Waals surface area contributed by atoms with E-state index in [0.717, 1.165) is 16.9 Å². The standard InChI is InChI=1S/C14H16Cl2N2O2S/c1-14(5-7-21(19,20)9-14)18-12-3-2-10(16)8-11(12)17-13(18)4-6-15/h2-3,8H,4-7,9H2,1H3. The molecule has 1 aromatic carbocycles. The van der Waals surface area contributed by atoms with Gasteiger partial charge in [-0.05, 0) is 31.5 Å². The zero-order valence-electron chi connectivity index (χ0n) is 11.6. The number of halogens is 2. The van der Waals surface area contributed by atoms with E-state index in [9.17, 15) is 8.42 Å². The van der Waals surface area contributed by atoms with Crippen LogP contribution in [0.3, 0.4) is 0 Å². The van der Waals surface area contributed by atoms with Gasteiger partial charge in [0.05, 0.1) is 28.1 Å². The van der Waals surface area contributed by atoms with Gasteiger partial charge in [0.25, 0.3) is 0 Å². The fourth-order valence-electron chi connectivity index (χ4n) is 3.13. The number of fused-ring (bicyclic) bond motifs is 1. The molecule has 4 nitrogen and oxygen atoms in total. The molecule has 0 radical (unpaired) electrons. The maximum absolute atomic E-state index is 11.9. The monoisotopic (exact) mass is 346 g/mol. The molecule has 3 rings (SSSR count). The molecular weight excluding hydrogens is 331 g/mol. The third kappa shape index (κ3) is 2.67. The molecule has 114 valence electrons. The fourth-order valence-corrected chi connectivity index (χ4v) is 5.58. The molecule has 0 N–H and O–H groups in total. The highest BCUT2D eigenvalue weighted by Gasteiger charge is 2.41. The van der Waals surface area contributed by atoms with E-state index in [1.165, 1.54) is 0 Å². The highest BCUT2D eigenvalue weighted by Crippen LogP contribution is 2.35. The molecule has 1 fully saturated rings. The molecule has 0 saturated carbocycles. The molecule has 0 bridgehead atoms. The first-order chi connectivity index (χ1) is 9.85. The summed E-state index contributed by atoms with van der Waals surface area (Å²) in [7, 11) is -3.00. The predicted molar refractivity (Wildman–Crippen MR) is 86.1 cm³/mol. The lowest BCUT2D eigenvalue weighted by Crippen LogP contribution is -2.33. The molecule has 7 heteroatoms. The van der Waals surface area contributed by atoms with Crippen LogP contribution in [0.15, 0.2) is 18.2 Å². The van der Waals surface area contributed by atoms with Crippen LogP contribution in [0.25, 0.3) is 11.0 Å². The van der Waals surface area contributed by atoms with Crippen molar-refractivity contribution in [1.29, 1.82) is 0 Å². The van der Waals surface area contributed by atoms with Crippen LogP contribution in [0.4, 0.5) is 0 Å². The van der Waals surface area contributed by atoms with Crippen molar-refractivity contribution in [3.05, 3.63) is 29.0 Å². The molecule has 21 heavy (non-hydrogen) atoms. The van der Waals surface area contributed by atoms with Crippen LogP contribution >= 0.6 is 23.2 Å². The van der Waals surface area contributed by atoms with Crippen molar-refractivity contribution in [2.45, 2.75) is 25.3 Å². The van der Waals surface area contributed by atoms with Gasteiger partial charge in [-0.25, -0.2) is 13.4 Å². The molecule has 1 saturated heterocycles. The normalized spacial score (nSPS) is 24.7. The van der Waals surface area contributed by atoms with Crippen LogP contribution in [0, 0.1) is 0 Å². The van der Waals surface area contributed by atoms with Crippen molar-refractivity contribution in [2.75, 3.05) is 17.4 Å². The van der Waals surface area contributed by atoms with Crippen LogP contribution < -0.4 is 0 Å². The van der Waals surface area contributed by atoms with E-state index >= 15 is 0 Å². The number of alkyl halides is 1. The van der Waals surface area contributed by atoms with E-state index < -0.39 is 15.4 Å². The summed E-state index contributed by atoms with van der Waals surface area (Å²) in [5.74, 6) is 1.63. The Hall–Kier alpha value is -0.780. The molecular formula is C14H16Cl2N2O2S. The largest absolute Gasteiger partial charge is 0.321 e. The van der Waals surface area contributed by atoms with Crippen LogP contribution in [0.5, 0.6) is 0 Å². The Labute approximate surface area is 134 Å². The van der Waals surface area contributed by atoms with Crippen molar-refractivity contribution in [3.8, 4) is 0 Å². The van der Waals surface area contributed by atoms with E-state index in [0.29, 0.717) is 23.7 Å². The van der Waals surface area contributed by atoms with Gasteiger partial charge in [-0.15, -0.1) is 11.6 Å². The van der Waals surface area contributed by atoms with Crippen LogP contribution in [-0.4, -0.2) is 35.4 Å². The first-order valence-electron chi connectivity index (χ1n) is 6.78. The quantitative estimate of drug-likeness (QED) is 0.802. The van der Waals surface area contributed by atoms with E-state index in [2.05, 4.69) is 4.98 Å². The van der Waals surface area contributed by atoms with E-state index in [4.69, 9.17) is 23.2 Å². The summed E-state index contributed by atoms with van der Waals surface area (Å²) in [4.78, 5) is 4.60. The van der Waals surface area contributed by atoms with Gasteiger partial charge in [0.1, 0.15) is 5.82 Å². The maximum Gasteiger partial charge on any atom is 0.152 e. The molecule has 2 aromatic rings. The van der Waals surface area contributed by atoms with Crippen molar-refractivity contribution in [3.63, 3.8) is 0 Å². The van der Waals surface area contributed by atoms with E-state index in [1.807, 2.05) is 17.6 Å². The van der Waals surface area contributed by atoms with Gasteiger partial charge < -0.3 is 4.57 Å². The summed E-state index contributed by atoms with van der Waals surface area (Å²) < 4.78 is 25.9. The van der Waals surface area contributed by atoms with Gasteiger partial charge in [0, 0.05) is 17.3 Å². The summed E-state index contributed by atoms with van der Waals surface area (Å²) in [6, 6.07) is 5.51. The number of aromatic nitrogens is 2. The number of hydrogen-bond donors (Lipinski definition) is 0. The maximum atomic E-state index is 11.9. The molecule has 1 unspecified atom stereocenters. The number of aryl methyl sites for hydroxylation is 1. The first-order valence-corrected chi connectivity index (χ1v) is 9.52. The Kier molecular flexibility index (Phi) is 3.71. The van der Waals surface area contributed by atoms with Gasteiger partial charge in [0.2, 0.25) is 0 Å². The molecule has 1 atom stereocenters. The van der Waals surface area contributed by atoms with Crippen molar-refractivity contribution in [1.82, 2.24) is 9.55 Å². The number of hydrogen-bond acceptors (Lipinski definition) is 3. The van der Waals surface area contributed by atoms with Gasteiger partial charge in [-0.2, -0.15) is 0 Å². The number of benzene rings is 1.